The van der Waals surface area contributed by atoms with Crippen LogP contribution < -0.4 is 5.32 Å². The number of aliphatic hydroxyl groups excluding tert-OH is 1. The van der Waals surface area contributed by atoms with Gasteiger partial charge in [-0.3, -0.25) is 4.79 Å². The molecule has 0 bridgehead atoms. The predicted molar refractivity (Wildman–Crippen MR) is 130 cm³/mol. The van der Waals surface area contributed by atoms with Gasteiger partial charge < -0.3 is 19.7 Å². The van der Waals surface area contributed by atoms with Crippen LogP contribution in [0.3, 0.4) is 0 Å². The second-order valence-electron chi connectivity index (χ2n) is 7.32. The molecule has 0 aliphatic heterocycles. The van der Waals surface area contributed by atoms with Crippen LogP contribution in [0, 0.1) is 0 Å². The van der Waals surface area contributed by atoms with E-state index in [2.05, 4.69) is 10.3 Å². The first kappa shape index (κ1) is 23.0. The molecule has 9 heteroatoms. The first-order valence-electron chi connectivity index (χ1n) is 10.4. The first-order chi connectivity index (χ1) is 15.9. The largest absolute Gasteiger partial charge is 0.462 e. The average Bonchev–Trinajstić information content (AvgIpc) is 3.36. The summed E-state index contributed by atoms with van der Waals surface area (Å²) in [5.74, 6) is -0.514. The SMILES string of the molecule is CCOC(=O)c1c(-c2ccccc2Cl)csc1NC(=O)Cn1c(C(C)O)nc2ccccc21. The third kappa shape index (κ3) is 4.64. The molecule has 0 spiro atoms. The smallest absolute Gasteiger partial charge is 0.341 e. The van der Waals surface area contributed by atoms with Crippen LogP contribution in [0.25, 0.3) is 22.2 Å². The van der Waals surface area contributed by atoms with Crippen molar-refractivity contribution in [1.29, 1.82) is 0 Å². The molecule has 0 saturated heterocycles. The van der Waals surface area contributed by atoms with Crippen molar-refractivity contribution in [2.75, 3.05) is 11.9 Å². The number of fused-ring (bicyclic) bond motifs is 1. The number of amides is 1. The van der Waals surface area contributed by atoms with Gasteiger partial charge in [0.1, 0.15) is 29.0 Å². The lowest BCUT2D eigenvalue weighted by molar-refractivity contribution is -0.116. The van der Waals surface area contributed by atoms with E-state index in [1.54, 1.807) is 35.9 Å². The highest BCUT2D eigenvalue weighted by Gasteiger charge is 2.24. The van der Waals surface area contributed by atoms with Crippen molar-refractivity contribution in [1.82, 2.24) is 9.55 Å². The van der Waals surface area contributed by atoms with Crippen molar-refractivity contribution >= 4 is 50.8 Å². The zero-order chi connectivity index (χ0) is 23.5. The van der Waals surface area contributed by atoms with Gasteiger partial charge in [-0.25, -0.2) is 9.78 Å². The highest BCUT2D eigenvalue weighted by Crippen LogP contribution is 2.39. The van der Waals surface area contributed by atoms with Gasteiger partial charge in [0.2, 0.25) is 5.91 Å². The normalized spacial score (nSPS) is 12.0. The predicted octanol–water partition coefficient (Wildman–Crippen LogP) is 5.29. The molecule has 0 radical (unpaired) electrons. The van der Waals surface area contributed by atoms with Crippen LogP contribution in [0.2, 0.25) is 5.02 Å². The number of halogens is 1. The third-order valence-electron chi connectivity index (χ3n) is 5.05. The number of nitrogens with zero attached hydrogens (tertiary/aromatic N) is 2. The lowest BCUT2D eigenvalue weighted by Crippen LogP contribution is -2.21. The molecule has 0 saturated carbocycles. The number of para-hydroxylation sites is 2. The number of ether oxygens (including phenoxy) is 1. The first-order valence-corrected chi connectivity index (χ1v) is 11.6. The Morgan fingerprint density at radius 3 is 2.64 bits per heavy atom. The maximum absolute atomic E-state index is 13.0. The molecule has 0 fully saturated rings. The zero-order valence-electron chi connectivity index (χ0n) is 18.0. The Morgan fingerprint density at radius 2 is 1.91 bits per heavy atom. The number of benzene rings is 2. The fourth-order valence-electron chi connectivity index (χ4n) is 3.62. The lowest BCUT2D eigenvalue weighted by Gasteiger charge is -2.12. The Bertz CT molecular complexity index is 1330. The number of thiophene rings is 1. The number of rotatable bonds is 7. The van der Waals surface area contributed by atoms with Crippen molar-refractivity contribution < 1.29 is 19.4 Å². The molecule has 0 aliphatic rings. The van der Waals surface area contributed by atoms with E-state index < -0.39 is 12.1 Å². The van der Waals surface area contributed by atoms with Crippen LogP contribution in [0.5, 0.6) is 0 Å². The number of hydrogen-bond acceptors (Lipinski definition) is 6. The molecule has 1 unspecified atom stereocenters. The standard InChI is InChI=1S/C24H22ClN3O4S/c1-3-32-24(31)21-16(15-8-4-5-9-17(15)25)13-33-23(21)27-20(30)12-28-19-11-7-6-10-18(19)26-22(28)14(2)29/h4-11,13-14,29H,3,12H2,1-2H3,(H,27,30). The Labute approximate surface area is 199 Å². The minimum atomic E-state index is -0.853. The second-order valence-corrected chi connectivity index (χ2v) is 8.61. The summed E-state index contributed by atoms with van der Waals surface area (Å²) in [4.78, 5) is 30.3. The maximum atomic E-state index is 13.0. The third-order valence-corrected chi connectivity index (χ3v) is 6.27. The monoisotopic (exact) mass is 483 g/mol. The number of aromatic nitrogens is 2. The van der Waals surface area contributed by atoms with Crippen molar-refractivity contribution in [2.24, 2.45) is 0 Å². The van der Waals surface area contributed by atoms with Crippen LogP contribution >= 0.6 is 22.9 Å². The fraction of sp³-hybridized carbons (Fsp3) is 0.208. The number of aliphatic hydroxyl groups is 1. The molecule has 1 amide bonds. The summed E-state index contributed by atoms with van der Waals surface area (Å²) in [6, 6.07) is 14.5. The van der Waals surface area contributed by atoms with E-state index in [1.807, 2.05) is 36.4 Å². The number of imidazole rings is 1. The van der Waals surface area contributed by atoms with Crippen LogP contribution in [-0.2, 0) is 16.1 Å². The van der Waals surface area contributed by atoms with Gasteiger partial charge in [0.15, 0.2) is 0 Å². The summed E-state index contributed by atoms with van der Waals surface area (Å²) in [5, 5.41) is 15.6. The Kier molecular flexibility index (Phi) is 6.78. The summed E-state index contributed by atoms with van der Waals surface area (Å²) in [7, 11) is 0. The molecule has 2 aromatic heterocycles. The van der Waals surface area contributed by atoms with Gasteiger partial charge in [-0.1, -0.05) is 41.9 Å². The maximum Gasteiger partial charge on any atom is 0.341 e. The minimum absolute atomic E-state index is 0.0810. The van der Waals surface area contributed by atoms with Crippen LogP contribution in [-0.4, -0.2) is 33.1 Å². The molecule has 33 heavy (non-hydrogen) atoms. The van der Waals surface area contributed by atoms with Crippen LogP contribution in [0.4, 0.5) is 5.00 Å². The summed E-state index contributed by atoms with van der Waals surface area (Å²) >= 11 is 7.58. The van der Waals surface area contributed by atoms with Crippen molar-refractivity contribution in [3.05, 3.63) is 70.3 Å². The molecule has 4 rings (SSSR count). The number of hydrogen-bond donors (Lipinski definition) is 2. The Balaban J connectivity index is 1.68. The van der Waals surface area contributed by atoms with Crippen molar-refractivity contribution in [3.8, 4) is 11.1 Å². The summed E-state index contributed by atoms with van der Waals surface area (Å²) in [5.41, 5.74) is 2.95. The second kappa shape index (κ2) is 9.74. The van der Waals surface area contributed by atoms with E-state index in [0.717, 1.165) is 5.52 Å². The van der Waals surface area contributed by atoms with Crippen LogP contribution in [0.1, 0.15) is 36.1 Å². The molecule has 4 aromatic rings. The highest BCUT2D eigenvalue weighted by atomic mass is 35.5. The number of anilines is 1. The van der Waals surface area contributed by atoms with Crippen molar-refractivity contribution in [3.63, 3.8) is 0 Å². The summed E-state index contributed by atoms with van der Waals surface area (Å²) < 4.78 is 6.92. The number of nitrogens with one attached hydrogen (secondary N) is 1. The highest BCUT2D eigenvalue weighted by molar-refractivity contribution is 7.15. The molecular weight excluding hydrogens is 462 g/mol. The molecule has 7 nitrogen and oxygen atoms in total. The molecule has 0 aliphatic carbocycles. The minimum Gasteiger partial charge on any atom is -0.462 e. The Hall–Kier alpha value is -3.20. The van der Waals surface area contributed by atoms with Gasteiger partial charge in [-0.15, -0.1) is 11.3 Å². The number of carbonyl (C=O) groups is 2. The van der Waals surface area contributed by atoms with Gasteiger partial charge >= 0.3 is 5.97 Å². The van der Waals surface area contributed by atoms with E-state index in [-0.39, 0.29) is 24.6 Å². The van der Waals surface area contributed by atoms with E-state index in [0.29, 0.717) is 32.5 Å². The number of esters is 1. The fourth-order valence-corrected chi connectivity index (χ4v) is 4.82. The molecule has 1 atom stereocenters. The lowest BCUT2D eigenvalue weighted by atomic mass is 10.0. The van der Waals surface area contributed by atoms with Gasteiger partial charge in [0.25, 0.3) is 0 Å². The average molecular weight is 484 g/mol. The summed E-state index contributed by atoms with van der Waals surface area (Å²) in [6.45, 7) is 3.44. The van der Waals surface area contributed by atoms with E-state index in [4.69, 9.17) is 16.3 Å². The van der Waals surface area contributed by atoms with Gasteiger partial charge in [0.05, 0.1) is 17.6 Å². The molecular formula is C24H22ClN3O4S. The molecule has 2 N–H and O–H groups in total. The quantitative estimate of drug-likeness (QED) is 0.348. The van der Waals surface area contributed by atoms with Crippen molar-refractivity contribution in [2.45, 2.75) is 26.5 Å². The van der Waals surface area contributed by atoms with Crippen LogP contribution in [0.15, 0.2) is 53.9 Å². The molecule has 2 heterocycles. The van der Waals surface area contributed by atoms with Gasteiger partial charge in [0, 0.05) is 21.5 Å². The van der Waals surface area contributed by atoms with Gasteiger partial charge in [-0.05, 0) is 32.0 Å². The Morgan fingerprint density at radius 1 is 1.18 bits per heavy atom. The van der Waals surface area contributed by atoms with E-state index >= 15 is 0 Å². The van der Waals surface area contributed by atoms with E-state index in [1.165, 1.54) is 11.3 Å². The molecule has 2 aromatic carbocycles. The van der Waals surface area contributed by atoms with Gasteiger partial charge in [-0.2, -0.15) is 0 Å². The molecule has 170 valence electrons. The van der Waals surface area contributed by atoms with E-state index in [9.17, 15) is 14.7 Å². The number of carbonyl (C=O) groups excluding carboxylic acids is 2. The summed E-state index contributed by atoms with van der Waals surface area (Å²) in [6.07, 6.45) is -0.853. The topological polar surface area (TPSA) is 93.5 Å². The zero-order valence-corrected chi connectivity index (χ0v) is 19.6.